The molecular weight excluding hydrogens is 672 g/mol. The van der Waals surface area contributed by atoms with Crippen LogP contribution >= 0.6 is 15.9 Å². The number of urea groups is 1. The van der Waals surface area contributed by atoms with Gasteiger partial charge in [-0.25, -0.2) is 9.59 Å². The third-order valence-electron chi connectivity index (χ3n) is 7.56. The molecule has 3 N–H and O–H groups in total. The van der Waals surface area contributed by atoms with Crippen LogP contribution in [0.3, 0.4) is 0 Å². The molecular formula is C34H33BrN4O8. The van der Waals surface area contributed by atoms with E-state index in [1.165, 1.54) is 34.1 Å². The molecule has 2 aliphatic rings. The number of aliphatic imine (C=N–C) groups is 1. The summed E-state index contributed by atoms with van der Waals surface area (Å²) in [6.45, 7) is 5.80. The van der Waals surface area contributed by atoms with Crippen LogP contribution in [-0.2, 0) is 9.59 Å². The minimum absolute atomic E-state index is 0.0888. The van der Waals surface area contributed by atoms with E-state index < -0.39 is 47.9 Å². The first-order chi connectivity index (χ1) is 22.2. The van der Waals surface area contributed by atoms with Crippen LogP contribution in [0.5, 0.6) is 5.75 Å². The number of piperazine rings is 1. The molecule has 1 saturated heterocycles. The molecule has 2 atom stereocenters. The number of amidine groups is 1. The maximum atomic E-state index is 14.5. The highest BCUT2D eigenvalue weighted by Gasteiger charge is 2.45. The number of aromatic carboxylic acids is 1. The summed E-state index contributed by atoms with van der Waals surface area (Å²) < 4.78 is 7.12. The Labute approximate surface area is 279 Å². The van der Waals surface area contributed by atoms with E-state index in [4.69, 9.17) is 9.73 Å². The number of ether oxygens (including phenoxy) is 1. The number of carboxylic acids is 2. The number of nitrogens with zero attached hydrogens (tertiary/aromatic N) is 3. The molecule has 3 aromatic carbocycles. The molecule has 12 nitrogen and oxygen atoms in total. The minimum Gasteiger partial charge on any atom is -0.487 e. The molecule has 244 valence electrons. The molecule has 5 rings (SSSR count). The Bertz CT molecular complexity index is 1770. The number of hydrogen-bond acceptors (Lipinski definition) is 7. The van der Waals surface area contributed by atoms with Crippen molar-refractivity contribution in [3.63, 3.8) is 0 Å². The summed E-state index contributed by atoms with van der Waals surface area (Å²) in [5, 5.41) is 21.5. The first kappa shape index (κ1) is 33.3. The topological polar surface area (TPSA) is 166 Å². The van der Waals surface area contributed by atoms with Crippen molar-refractivity contribution in [2.75, 3.05) is 19.6 Å². The van der Waals surface area contributed by atoms with Crippen molar-refractivity contribution < 1.29 is 38.9 Å². The second kappa shape index (κ2) is 13.4. The van der Waals surface area contributed by atoms with Crippen molar-refractivity contribution >= 4 is 51.4 Å². The van der Waals surface area contributed by atoms with Crippen LogP contribution in [0.1, 0.15) is 76.7 Å². The molecule has 13 heteroatoms. The summed E-state index contributed by atoms with van der Waals surface area (Å²) in [6.07, 6.45) is -0.711. The van der Waals surface area contributed by atoms with E-state index in [-0.39, 0.29) is 48.3 Å². The average Bonchev–Trinajstić information content (AvgIpc) is 3.40. The molecule has 1 fully saturated rings. The highest BCUT2D eigenvalue weighted by Crippen LogP contribution is 2.45. The number of hydrogen-bond donors (Lipinski definition) is 3. The molecule has 3 aromatic rings. The van der Waals surface area contributed by atoms with E-state index >= 15 is 0 Å². The van der Waals surface area contributed by atoms with E-state index in [0.29, 0.717) is 11.1 Å². The van der Waals surface area contributed by atoms with Crippen LogP contribution in [-0.4, -0.2) is 80.7 Å². The fraction of sp³-hybridized carbons (Fsp3) is 0.294. The Morgan fingerprint density at radius 2 is 1.60 bits per heavy atom. The van der Waals surface area contributed by atoms with E-state index in [1.807, 2.05) is 45.0 Å². The average molecular weight is 706 g/mol. The maximum Gasteiger partial charge on any atom is 0.335 e. The number of benzene rings is 3. The number of aliphatic carboxylic acids is 1. The number of rotatable bonds is 8. The zero-order valence-electron chi connectivity index (χ0n) is 25.9. The monoisotopic (exact) mass is 704 g/mol. The first-order valence-electron chi connectivity index (χ1n) is 14.8. The third kappa shape index (κ3) is 7.51. The van der Waals surface area contributed by atoms with Gasteiger partial charge in [0.2, 0.25) is 5.91 Å². The number of carboxylic acid groups (broad SMARTS) is 2. The zero-order chi connectivity index (χ0) is 34.0. The van der Waals surface area contributed by atoms with Crippen molar-refractivity contribution in [2.45, 2.75) is 44.9 Å². The van der Waals surface area contributed by atoms with Gasteiger partial charge in [0.05, 0.1) is 17.2 Å². The normalized spacial score (nSPS) is 18.0. The highest BCUT2D eigenvalue weighted by molar-refractivity contribution is 9.10. The number of Topliss-reactive ketones (excluding diaryl/α,β-unsaturated/α-hetero) is 1. The van der Waals surface area contributed by atoms with Gasteiger partial charge in [-0.05, 0) is 68.3 Å². The molecule has 2 aliphatic heterocycles. The summed E-state index contributed by atoms with van der Waals surface area (Å²) in [4.78, 5) is 70.7. The van der Waals surface area contributed by atoms with E-state index in [1.54, 1.807) is 18.2 Å². The van der Waals surface area contributed by atoms with Gasteiger partial charge in [-0.1, -0.05) is 46.3 Å². The first-order valence-corrected chi connectivity index (χ1v) is 15.6. The van der Waals surface area contributed by atoms with Crippen molar-refractivity contribution in [2.24, 2.45) is 4.99 Å². The number of nitrogens with one attached hydrogen (secondary N) is 1. The summed E-state index contributed by atoms with van der Waals surface area (Å²) in [7, 11) is 0. The van der Waals surface area contributed by atoms with Crippen molar-refractivity contribution in [1.29, 1.82) is 0 Å². The molecule has 0 spiro atoms. The lowest BCUT2D eigenvalue weighted by atomic mass is 9.93. The van der Waals surface area contributed by atoms with Crippen LogP contribution in [0.25, 0.3) is 0 Å². The smallest absolute Gasteiger partial charge is 0.335 e. The van der Waals surface area contributed by atoms with Gasteiger partial charge in [0.25, 0.3) is 0 Å². The van der Waals surface area contributed by atoms with Gasteiger partial charge in [0.15, 0.2) is 5.78 Å². The Balaban J connectivity index is 1.73. The van der Waals surface area contributed by atoms with E-state index in [2.05, 4.69) is 21.2 Å². The van der Waals surface area contributed by atoms with Gasteiger partial charge in [0.1, 0.15) is 36.2 Å². The molecule has 0 unspecified atom stereocenters. The Morgan fingerprint density at radius 3 is 2.19 bits per heavy atom. The Kier molecular flexibility index (Phi) is 9.48. The quantitative estimate of drug-likeness (QED) is 0.216. The predicted molar refractivity (Wildman–Crippen MR) is 175 cm³/mol. The fourth-order valence-corrected chi connectivity index (χ4v) is 5.77. The summed E-state index contributed by atoms with van der Waals surface area (Å²) in [6, 6.07) is 16.2. The molecule has 0 saturated carbocycles. The Hall–Kier alpha value is -5.04. The van der Waals surface area contributed by atoms with Crippen molar-refractivity contribution in [1.82, 2.24) is 15.1 Å². The number of amides is 3. The second-order valence-corrected chi connectivity index (χ2v) is 13.1. The highest BCUT2D eigenvalue weighted by atomic mass is 79.9. The SMILES string of the molecule is CC(C)(C)Oc1cc(C(=O)CC(=O)O)ccc1C1=N[C@@H](c2ccc(C(=O)O)cc2)[C@@H](c2ccc(Br)cc2)N1C(=O)N1CCNC(=O)C1. The molecule has 0 bridgehead atoms. The molecule has 0 aliphatic carbocycles. The van der Waals surface area contributed by atoms with Gasteiger partial charge in [0, 0.05) is 23.1 Å². The van der Waals surface area contributed by atoms with Crippen LogP contribution in [0.2, 0.25) is 0 Å². The van der Waals surface area contributed by atoms with Crippen LogP contribution in [0.15, 0.2) is 76.2 Å². The van der Waals surface area contributed by atoms with Crippen LogP contribution < -0.4 is 10.1 Å². The van der Waals surface area contributed by atoms with E-state index in [0.717, 1.165) is 10.0 Å². The van der Waals surface area contributed by atoms with Crippen molar-refractivity contribution in [3.05, 3.63) is 99.0 Å². The van der Waals surface area contributed by atoms with Gasteiger partial charge < -0.3 is 25.2 Å². The minimum atomic E-state index is -1.27. The maximum absolute atomic E-state index is 14.5. The largest absolute Gasteiger partial charge is 0.487 e. The van der Waals surface area contributed by atoms with Gasteiger partial charge in [-0.3, -0.25) is 24.3 Å². The molecule has 2 heterocycles. The molecule has 3 amide bonds. The predicted octanol–water partition coefficient (Wildman–Crippen LogP) is 5.08. The lowest BCUT2D eigenvalue weighted by Crippen LogP contribution is -2.55. The third-order valence-corrected chi connectivity index (χ3v) is 8.09. The van der Waals surface area contributed by atoms with Crippen LogP contribution in [0.4, 0.5) is 4.79 Å². The lowest BCUT2D eigenvalue weighted by molar-refractivity contribution is -0.136. The van der Waals surface area contributed by atoms with Crippen LogP contribution in [0, 0.1) is 0 Å². The zero-order valence-corrected chi connectivity index (χ0v) is 27.5. The van der Waals surface area contributed by atoms with Gasteiger partial charge in [-0.2, -0.15) is 0 Å². The molecule has 0 aromatic heterocycles. The number of carbonyl (C=O) groups excluding carboxylic acids is 3. The summed E-state index contributed by atoms with van der Waals surface area (Å²) >= 11 is 3.47. The fourth-order valence-electron chi connectivity index (χ4n) is 5.51. The summed E-state index contributed by atoms with van der Waals surface area (Å²) in [5.41, 5.74) is 1.17. The number of ketones is 1. The standard InChI is InChI=1S/C34H33BrN4O8/c1-34(2,3)47-26-16-22(25(40)17-28(42)43)10-13-24(26)31-37-29(19-4-6-21(7-5-19)32(44)45)30(20-8-11-23(35)12-9-20)39(31)33(46)38-15-14-36-27(41)18-38/h4-13,16,29-30H,14-15,17-18H2,1-3H3,(H,36,41)(H,42,43)(H,44,45)/t29-,30+/m0/s1. The Morgan fingerprint density at radius 1 is 0.957 bits per heavy atom. The van der Waals surface area contributed by atoms with Crippen molar-refractivity contribution in [3.8, 4) is 5.75 Å². The molecule has 0 radical (unpaired) electrons. The number of halogens is 1. The lowest BCUT2D eigenvalue weighted by Gasteiger charge is -2.36. The van der Waals surface area contributed by atoms with Gasteiger partial charge in [-0.15, -0.1) is 0 Å². The van der Waals surface area contributed by atoms with Gasteiger partial charge >= 0.3 is 18.0 Å². The number of carbonyl (C=O) groups is 5. The van der Waals surface area contributed by atoms with E-state index in [9.17, 15) is 34.2 Å². The summed E-state index contributed by atoms with van der Waals surface area (Å²) in [5.74, 6) is -2.86. The second-order valence-electron chi connectivity index (χ2n) is 12.2. The molecule has 47 heavy (non-hydrogen) atoms.